The summed E-state index contributed by atoms with van der Waals surface area (Å²) in [5, 5.41) is 29.4. The third-order valence-corrected chi connectivity index (χ3v) is 3.29. The fourth-order valence-electron chi connectivity index (χ4n) is 2.43. The van der Waals surface area contributed by atoms with Gasteiger partial charge >= 0.3 is 0 Å². The lowest BCUT2D eigenvalue weighted by atomic mass is 9.81. The van der Waals surface area contributed by atoms with Gasteiger partial charge in [-0.3, -0.25) is 0 Å². The van der Waals surface area contributed by atoms with E-state index < -0.39 is 0 Å². The Morgan fingerprint density at radius 2 is 1.42 bits per heavy atom. The predicted octanol–water partition coefficient (Wildman–Crippen LogP) is 3.59. The zero-order valence-corrected chi connectivity index (χ0v) is 11.0. The van der Waals surface area contributed by atoms with E-state index in [1.54, 1.807) is 24.3 Å². The van der Waals surface area contributed by atoms with Crippen molar-refractivity contribution in [1.29, 1.82) is 0 Å². The summed E-state index contributed by atoms with van der Waals surface area (Å²) < 4.78 is 0. The van der Waals surface area contributed by atoms with Crippen LogP contribution < -0.4 is 0 Å². The van der Waals surface area contributed by atoms with Crippen LogP contribution in [-0.2, 0) is 0 Å². The fourth-order valence-corrected chi connectivity index (χ4v) is 2.43. The summed E-state index contributed by atoms with van der Waals surface area (Å²) in [6.07, 6.45) is 0. The highest BCUT2D eigenvalue weighted by molar-refractivity contribution is 5.48. The van der Waals surface area contributed by atoms with E-state index in [1.165, 1.54) is 6.07 Å². The van der Waals surface area contributed by atoms with Gasteiger partial charge in [-0.25, -0.2) is 0 Å². The lowest BCUT2D eigenvalue weighted by Crippen LogP contribution is -2.09. The molecule has 3 N–H and O–H groups in total. The standard InChI is InChI=1S/C16H18O3/c1-10(2)16(12-5-3-4-6-14(12)18)13-8-7-11(17)9-15(13)19/h3-10,16-19H,1-2H3. The van der Waals surface area contributed by atoms with Crippen LogP contribution in [0, 0.1) is 5.92 Å². The van der Waals surface area contributed by atoms with Gasteiger partial charge in [0.15, 0.2) is 0 Å². The van der Waals surface area contributed by atoms with Crippen LogP contribution in [0.5, 0.6) is 17.2 Å². The van der Waals surface area contributed by atoms with Gasteiger partial charge in [0.05, 0.1) is 0 Å². The Morgan fingerprint density at radius 1 is 0.789 bits per heavy atom. The molecule has 100 valence electrons. The molecule has 0 saturated carbocycles. The second kappa shape index (κ2) is 5.22. The van der Waals surface area contributed by atoms with E-state index in [2.05, 4.69) is 0 Å². The summed E-state index contributed by atoms with van der Waals surface area (Å²) in [4.78, 5) is 0. The largest absolute Gasteiger partial charge is 0.508 e. The van der Waals surface area contributed by atoms with Crippen molar-refractivity contribution in [2.24, 2.45) is 5.92 Å². The highest BCUT2D eigenvalue weighted by Gasteiger charge is 2.23. The van der Waals surface area contributed by atoms with Gasteiger partial charge < -0.3 is 15.3 Å². The van der Waals surface area contributed by atoms with Crippen molar-refractivity contribution in [1.82, 2.24) is 0 Å². The maximum Gasteiger partial charge on any atom is 0.123 e. The number of phenols is 3. The monoisotopic (exact) mass is 258 g/mol. The van der Waals surface area contributed by atoms with Gasteiger partial charge in [0, 0.05) is 23.1 Å². The minimum Gasteiger partial charge on any atom is -0.508 e. The second-order valence-corrected chi connectivity index (χ2v) is 5.02. The molecule has 0 spiro atoms. The normalized spacial score (nSPS) is 12.6. The van der Waals surface area contributed by atoms with Crippen LogP contribution >= 0.6 is 0 Å². The number of aromatic hydroxyl groups is 3. The molecule has 2 rings (SSSR count). The first-order chi connectivity index (χ1) is 9.00. The summed E-state index contributed by atoms with van der Waals surface area (Å²) in [7, 11) is 0. The van der Waals surface area contributed by atoms with E-state index in [0.717, 1.165) is 5.56 Å². The van der Waals surface area contributed by atoms with Gasteiger partial charge in [-0.1, -0.05) is 38.1 Å². The van der Waals surface area contributed by atoms with Crippen LogP contribution in [-0.4, -0.2) is 15.3 Å². The quantitative estimate of drug-likeness (QED) is 0.788. The molecule has 0 aromatic heterocycles. The Morgan fingerprint density at radius 3 is 2.00 bits per heavy atom. The van der Waals surface area contributed by atoms with Crippen LogP contribution in [0.25, 0.3) is 0 Å². The van der Waals surface area contributed by atoms with Crippen LogP contribution in [0.15, 0.2) is 42.5 Å². The topological polar surface area (TPSA) is 60.7 Å². The smallest absolute Gasteiger partial charge is 0.123 e. The van der Waals surface area contributed by atoms with Crippen molar-refractivity contribution in [2.75, 3.05) is 0 Å². The molecule has 3 nitrogen and oxygen atoms in total. The molecule has 0 aliphatic rings. The molecule has 1 atom stereocenters. The van der Waals surface area contributed by atoms with Crippen LogP contribution in [0.2, 0.25) is 0 Å². The molecule has 19 heavy (non-hydrogen) atoms. The van der Waals surface area contributed by atoms with Crippen LogP contribution in [0.4, 0.5) is 0 Å². The van der Waals surface area contributed by atoms with Gasteiger partial charge in [-0.15, -0.1) is 0 Å². The van der Waals surface area contributed by atoms with Gasteiger partial charge in [-0.05, 0) is 18.1 Å². The zero-order valence-electron chi connectivity index (χ0n) is 11.0. The van der Waals surface area contributed by atoms with Crippen molar-refractivity contribution < 1.29 is 15.3 Å². The Kier molecular flexibility index (Phi) is 3.65. The Hall–Kier alpha value is -2.16. The van der Waals surface area contributed by atoms with E-state index in [-0.39, 0.29) is 29.1 Å². The summed E-state index contributed by atoms with van der Waals surface area (Å²) in [6, 6.07) is 11.7. The van der Waals surface area contributed by atoms with Gasteiger partial charge in [0.1, 0.15) is 17.2 Å². The number of phenolic OH excluding ortho intramolecular Hbond substituents is 3. The number of hydrogen-bond acceptors (Lipinski definition) is 3. The minimum absolute atomic E-state index is 0.0287. The first-order valence-electron chi connectivity index (χ1n) is 6.30. The van der Waals surface area contributed by atoms with E-state index in [9.17, 15) is 15.3 Å². The molecule has 2 aromatic carbocycles. The van der Waals surface area contributed by atoms with Crippen molar-refractivity contribution in [3.63, 3.8) is 0 Å². The van der Waals surface area contributed by atoms with E-state index in [1.807, 2.05) is 26.0 Å². The van der Waals surface area contributed by atoms with E-state index in [0.29, 0.717) is 5.56 Å². The SMILES string of the molecule is CC(C)C(c1ccccc1O)c1ccc(O)cc1O. The van der Waals surface area contributed by atoms with Crippen molar-refractivity contribution >= 4 is 0 Å². The number of para-hydroxylation sites is 1. The summed E-state index contributed by atoms with van der Waals surface area (Å²) >= 11 is 0. The molecule has 0 fully saturated rings. The third-order valence-electron chi connectivity index (χ3n) is 3.29. The third kappa shape index (κ3) is 2.65. The molecule has 1 unspecified atom stereocenters. The maximum atomic E-state index is 10.0. The van der Waals surface area contributed by atoms with Crippen molar-refractivity contribution in [2.45, 2.75) is 19.8 Å². The van der Waals surface area contributed by atoms with Crippen LogP contribution in [0.3, 0.4) is 0 Å². The highest BCUT2D eigenvalue weighted by atomic mass is 16.3. The maximum absolute atomic E-state index is 10.0. The molecule has 0 aliphatic carbocycles. The lowest BCUT2D eigenvalue weighted by Gasteiger charge is -2.23. The first-order valence-corrected chi connectivity index (χ1v) is 6.30. The Balaban J connectivity index is 2.55. The summed E-state index contributed by atoms with van der Waals surface area (Å²) in [5.74, 6) is 0.363. The van der Waals surface area contributed by atoms with Crippen LogP contribution in [0.1, 0.15) is 30.9 Å². The minimum atomic E-state index is -0.123. The number of hydrogen-bond donors (Lipinski definition) is 3. The Labute approximate surface area is 112 Å². The number of rotatable bonds is 3. The molecular formula is C16H18O3. The van der Waals surface area contributed by atoms with Gasteiger partial charge in [0.2, 0.25) is 0 Å². The first kappa shape index (κ1) is 13.3. The zero-order chi connectivity index (χ0) is 14.0. The summed E-state index contributed by atoms with van der Waals surface area (Å²) in [5.41, 5.74) is 1.48. The molecule has 0 bridgehead atoms. The highest BCUT2D eigenvalue weighted by Crippen LogP contribution is 2.41. The molecule has 0 heterocycles. The average molecular weight is 258 g/mol. The van der Waals surface area contributed by atoms with E-state index >= 15 is 0 Å². The molecular weight excluding hydrogens is 240 g/mol. The average Bonchev–Trinajstić information content (AvgIpc) is 2.34. The number of benzene rings is 2. The second-order valence-electron chi connectivity index (χ2n) is 5.02. The van der Waals surface area contributed by atoms with E-state index in [4.69, 9.17) is 0 Å². The molecule has 0 aliphatic heterocycles. The molecule has 3 heteroatoms. The molecule has 0 radical (unpaired) electrons. The lowest BCUT2D eigenvalue weighted by molar-refractivity contribution is 0.427. The molecule has 2 aromatic rings. The van der Waals surface area contributed by atoms with Gasteiger partial charge in [0.25, 0.3) is 0 Å². The Bertz CT molecular complexity index is 576. The molecule has 0 saturated heterocycles. The van der Waals surface area contributed by atoms with Crippen molar-refractivity contribution in [3.05, 3.63) is 53.6 Å². The predicted molar refractivity (Wildman–Crippen MR) is 74.6 cm³/mol. The van der Waals surface area contributed by atoms with Gasteiger partial charge in [-0.2, -0.15) is 0 Å². The summed E-state index contributed by atoms with van der Waals surface area (Å²) in [6.45, 7) is 4.06. The van der Waals surface area contributed by atoms with Crippen molar-refractivity contribution in [3.8, 4) is 17.2 Å². The fraction of sp³-hybridized carbons (Fsp3) is 0.250. The molecule has 0 amide bonds.